The van der Waals surface area contributed by atoms with E-state index in [9.17, 15) is 9.59 Å². The van der Waals surface area contributed by atoms with Crippen molar-refractivity contribution in [3.8, 4) is 0 Å². The average Bonchev–Trinajstić information content (AvgIpc) is 2.72. The number of aromatic nitrogens is 1. The Kier molecular flexibility index (Phi) is 4.67. The minimum Gasteiger partial charge on any atom is -0.368 e. The van der Waals surface area contributed by atoms with E-state index in [1.165, 1.54) is 5.69 Å². The first-order valence-electron chi connectivity index (χ1n) is 9.30. The molecular formula is C22H23N3O2. The highest BCUT2D eigenvalue weighted by Crippen LogP contribution is 2.16. The van der Waals surface area contributed by atoms with Crippen molar-refractivity contribution in [2.45, 2.75) is 13.5 Å². The molecule has 5 nitrogen and oxygen atoms in total. The number of piperazine rings is 1. The SMILES string of the molecule is Cc1cc2ccccc2c(=O)n1CC(=O)N1CCN(c2ccccc2)CC1. The Hall–Kier alpha value is -3.08. The van der Waals surface area contributed by atoms with Gasteiger partial charge in [0.25, 0.3) is 5.56 Å². The summed E-state index contributed by atoms with van der Waals surface area (Å²) in [5, 5.41) is 1.57. The molecule has 1 aromatic heterocycles. The van der Waals surface area contributed by atoms with Crippen LogP contribution in [0.15, 0.2) is 65.5 Å². The number of para-hydroxylation sites is 1. The molecule has 1 amide bonds. The predicted molar refractivity (Wildman–Crippen MR) is 108 cm³/mol. The van der Waals surface area contributed by atoms with Crippen LogP contribution in [0.1, 0.15) is 5.69 Å². The Bertz CT molecular complexity index is 1020. The van der Waals surface area contributed by atoms with Crippen molar-refractivity contribution < 1.29 is 4.79 Å². The van der Waals surface area contributed by atoms with Gasteiger partial charge in [-0.1, -0.05) is 36.4 Å². The summed E-state index contributed by atoms with van der Waals surface area (Å²) in [7, 11) is 0. The van der Waals surface area contributed by atoms with Crippen LogP contribution in [0.4, 0.5) is 5.69 Å². The van der Waals surface area contributed by atoms with Gasteiger partial charge in [0.2, 0.25) is 5.91 Å². The summed E-state index contributed by atoms with van der Waals surface area (Å²) >= 11 is 0. The van der Waals surface area contributed by atoms with Gasteiger partial charge < -0.3 is 14.4 Å². The molecule has 5 heteroatoms. The molecule has 1 aliphatic heterocycles. The quantitative estimate of drug-likeness (QED) is 0.720. The maximum absolute atomic E-state index is 12.8. The number of carbonyl (C=O) groups excluding carboxylic acids is 1. The summed E-state index contributed by atoms with van der Waals surface area (Å²) in [4.78, 5) is 29.7. The van der Waals surface area contributed by atoms with Gasteiger partial charge in [-0.2, -0.15) is 0 Å². The summed E-state index contributed by atoms with van der Waals surface area (Å²) in [6.07, 6.45) is 0. The van der Waals surface area contributed by atoms with Gasteiger partial charge in [0.15, 0.2) is 0 Å². The maximum atomic E-state index is 12.8. The van der Waals surface area contributed by atoms with Crippen molar-refractivity contribution >= 4 is 22.4 Å². The highest BCUT2D eigenvalue weighted by Gasteiger charge is 2.22. The second-order valence-corrected chi connectivity index (χ2v) is 6.97. The van der Waals surface area contributed by atoms with Crippen LogP contribution >= 0.6 is 0 Å². The Morgan fingerprint density at radius 1 is 0.926 bits per heavy atom. The normalized spacial score (nSPS) is 14.6. The fourth-order valence-corrected chi connectivity index (χ4v) is 3.71. The zero-order valence-corrected chi connectivity index (χ0v) is 15.5. The number of aryl methyl sites for hydroxylation is 1. The lowest BCUT2D eigenvalue weighted by atomic mass is 10.1. The second kappa shape index (κ2) is 7.27. The van der Waals surface area contributed by atoms with Gasteiger partial charge in [-0.05, 0) is 36.6 Å². The molecule has 0 bridgehead atoms. The molecule has 138 valence electrons. The molecule has 0 radical (unpaired) electrons. The molecule has 0 N–H and O–H groups in total. The monoisotopic (exact) mass is 361 g/mol. The Morgan fingerprint density at radius 3 is 2.33 bits per heavy atom. The Balaban J connectivity index is 1.47. The average molecular weight is 361 g/mol. The van der Waals surface area contributed by atoms with E-state index in [1.807, 2.05) is 60.4 Å². The lowest BCUT2D eigenvalue weighted by Crippen LogP contribution is -2.50. The number of rotatable bonds is 3. The lowest BCUT2D eigenvalue weighted by molar-refractivity contribution is -0.132. The molecule has 0 atom stereocenters. The van der Waals surface area contributed by atoms with E-state index in [0.29, 0.717) is 18.5 Å². The third-order valence-corrected chi connectivity index (χ3v) is 5.27. The van der Waals surface area contributed by atoms with Crippen molar-refractivity contribution in [1.82, 2.24) is 9.47 Å². The van der Waals surface area contributed by atoms with Crippen LogP contribution in [0.25, 0.3) is 10.8 Å². The predicted octanol–water partition coefficient (Wildman–Crippen LogP) is 2.66. The fraction of sp³-hybridized carbons (Fsp3) is 0.273. The van der Waals surface area contributed by atoms with Crippen LogP contribution in [0.5, 0.6) is 0 Å². The summed E-state index contributed by atoms with van der Waals surface area (Å²) in [6, 6.07) is 19.7. The lowest BCUT2D eigenvalue weighted by Gasteiger charge is -2.36. The molecule has 2 aromatic carbocycles. The minimum absolute atomic E-state index is 0.00296. The molecule has 1 aliphatic rings. The van der Waals surface area contributed by atoms with E-state index >= 15 is 0 Å². The van der Waals surface area contributed by atoms with Crippen LogP contribution in [0.3, 0.4) is 0 Å². The molecule has 2 heterocycles. The smallest absolute Gasteiger partial charge is 0.259 e. The van der Waals surface area contributed by atoms with E-state index < -0.39 is 0 Å². The van der Waals surface area contributed by atoms with Crippen molar-refractivity contribution in [3.63, 3.8) is 0 Å². The third kappa shape index (κ3) is 3.45. The third-order valence-electron chi connectivity index (χ3n) is 5.27. The number of amides is 1. The number of benzene rings is 2. The molecule has 1 saturated heterocycles. The highest BCUT2D eigenvalue weighted by molar-refractivity contribution is 5.83. The van der Waals surface area contributed by atoms with Gasteiger partial charge >= 0.3 is 0 Å². The number of hydrogen-bond donors (Lipinski definition) is 0. The summed E-state index contributed by atoms with van der Waals surface area (Å²) in [6.45, 7) is 4.95. The van der Waals surface area contributed by atoms with Gasteiger partial charge in [0.1, 0.15) is 6.54 Å². The maximum Gasteiger partial charge on any atom is 0.259 e. The van der Waals surface area contributed by atoms with Gasteiger partial charge in [-0.15, -0.1) is 0 Å². The van der Waals surface area contributed by atoms with Crippen LogP contribution in [0, 0.1) is 6.92 Å². The molecule has 0 unspecified atom stereocenters. The number of pyridine rings is 1. The molecule has 1 fully saturated rings. The Morgan fingerprint density at radius 2 is 1.59 bits per heavy atom. The zero-order valence-electron chi connectivity index (χ0n) is 15.5. The summed E-state index contributed by atoms with van der Waals surface area (Å²) in [5.74, 6) is 0.00296. The summed E-state index contributed by atoms with van der Waals surface area (Å²) in [5.41, 5.74) is 1.91. The van der Waals surface area contributed by atoms with Crippen LogP contribution in [-0.4, -0.2) is 41.6 Å². The van der Waals surface area contributed by atoms with Crippen molar-refractivity contribution in [3.05, 3.63) is 76.7 Å². The van der Waals surface area contributed by atoms with Crippen LogP contribution in [-0.2, 0) is 11.3 Å². The largest absolute Gasteiger partial charge is 0.368 e. The number of anilines is 1. The van der Waals surface area contributed by atoms with Gasteiger partial charge in [0.05, 0.1) is 0 Å². The molecule has 4 rings (SSSR count). The van der Waals surface area contributed by atoms with Crippen molar-refractivity contribution in [2.75, 3.05) is 31.1 Å². The fourth-order valence-electron chi connectivity index (χ4n) is 3.71. The standard InChI is InChI=1S/C22H23N3O2/c1-17-15-18-7-5-6-10-20(18)22(27)25(17)16-21(26)24-13-11-23(12-14-24)19-8-3-2-4-9-19/h2-10,15H,11-14,16H2,1H3. The molecule has 0 spiro atoms. The van der Waals surface area contributed by atoms with Crippen molar-refractivity contribution in [2.24, 2.45) is 0 Å². The second-order valence-electron chi connectivity index (χ2n) is 6.97. The molecule has 3 aromatic rings. The first-order chi connectivity index (χ1) is 13.1. The molecular weight excluding hydrogens is 338 g/mol. The molecule has 27 heavy (non-hydrogen) atoms. The number of fused-ring (bicyclic) bond motifs is 1. The Labute approximate surface area is 158 Å². The van der Waals surface area contributed by atoms with E-state index in [-0.39, 0.29) is 18.0 Å². The zero-order chi connectivity index (χ0) is 18.8. The first-order valence-corrected chi connectivity index (χ1v) is 9.30. The van der Waals surface area contributed by atoms with Gasteiger partial charge in [-0.3, -0.25) is 9.59 Å². The molecule has 0 saturated carbocycles. The number of nitrogens with zero attached hydrogens (tertiary/aromatic N) is 3. The van der Waals surface area contributed by atoms with Crippen LogP contribution in [0.2, 0.25) is 0 Å². The topological polar surface area (TPSA) is 45.6 Å². The minimum atomic E-state index is -0.0955. The molecule has 0 aliphatic carbocycles. The van der Waals surface area contributed by atoms with E-state index in [1.54, 1.807) is 4.57 Å². The van der Waals surface area contributed by atoms with E-state index in [4.69, 9.17) is 0 Å². The van der Waals surface area contributed by atoms with Gasteiger partial charge in [0, 0.05) is 42.9 Å². The van der Waals surface area contributed by atoms with Crippen molar-refractivity contribution in [1.29, 1.82) is 0 Å². The number of carbonyl (C=O) groups is 1. The van der Waals surface area contributed by atoms with E-state index in [0.717, 1.165) is 24.2 Å². The number of hydrogen-bond acceptors (Lipinski definition) is 3. The highest BCUT2D eigenvalue weighted by atomic mass is 16.2. The first kappa shape index (κ1) is 17.3. The summed E-state index contributed by atoms with van der Waals surface area (Å²) < 4.78 is 1.59. The van der Waals surface area contributed by atoms with Gasteiger partial charge in [-0.25, -0.2) is 0 Å². The van der Waals surface area contributed by atoms with Crippen LogP contribution < -0.4 is 10.5 Å². The van der Waals surface area contributed by atoms with E-state index in [2.05, 4.69) is 17.0 Å².